The molecule has 0 spiro atoms. The Balaban J connectivity index is 0.000000166. The van der Waals surface area contributed by atoms with E-state index in [1.165, 1.54) is 34.0 Å². The van der Waals surface area contributed by atoms with Crippen molar-refractivity contribution in [3.05, 3.63) is 77.9 Å². The maximum absolute atomic E-state index is 3.37. The van der Waals surface area contributed by atoms with Crippen molar-refractivity contribution in [3.8, 4) is 0 Å². The van der Waals surface area contributed by atoms with Crippen molar-refractivity contribution in [2.45, 2.75) is 40.0 Å². The Morgan fingerprint density at radius 1 is 0.793 bits per heavy atom. The first kappa shape index (κ1) is 21.4. The molecule has 1 saturated heterocycles. The quantitative estimate of drug-likeness (QED) is 0.567. The molecular weight excluding hydrogens is 352 g/mol. The summed E-state index contributed by atoms with van der Waals surface area (Å²) in [6.45, 7) is 13.5. The number of nitrogens with zero attached hydrogens (tertiary/aromatic N) is 1. The van der Waals surface area contributed by atoms with Crippen molar-refractivity contribution in [2.75, 3.05) is 31.1 Å². The van der Waals surface area contributed by atoms with Gasteiger partial charge in [-0.1, -0.05) is 82.3 Å². The second-order valence-corrected chi connectivity index (χ2v) is 8.72. The monoisotopic (exact) mass is 388 g/mol. The first-order chi connectivity index (χ1) is 14.0. The molecule has 0 aliphatic carbocycles. The van der Waals surface area contributed by atoms with Crippen LogP contribution < -0.4 is 10.2 Å². The van der Waals surface area contributed by atoms with Crippen LogP contribution in [-0.4, -0.2) is 26.2 Å². The lowest BCUT2D eigenvalue weighted by atomic mass is 9.97. The number of nitrogens with one attached hydrogen (secondary N) is 1. The zero-order valence-electron chi connectivity index (χ0n) is 18.5. The maximum atomic E-state index is 3.37. The fourth-order valence-corrected chi connectivity index (χ4v) is 3.90. The number of hydrogen-bond donors (Lipinski definition) is 1. The summed E-state index contributed by atoms with van der Waals surface area (Å²) in [7, 11) is 0. The minimum Gasteiger partial charge on any atom is -0.369 e. The third-order valence-corrected chi connectivity index (χ3v) is 5.55. The molecule has 0 aromatic heterocycles. The molecule has 2 nitrogen and oxygen atoms in total. The SMILES string of the molecule is CC(C)Cc1cccc2ccccc12.CC(C)c1ccc(N2CCNCC2)cc1. The predicted molar refractivity (Wildman–Crippen MR) is 128 cm³/mol. The maximum Gasteiger partial charge on any atom is 0.0367 e. The number of hydrogen-bond acceptors (Lipinski definition) is 2. The highest BCUT2D eigenvalue weighted by atomic mass is 15.2. The molecule has 0 atom stereocenters. The molecule has 0 saturated carbocycles. The summed E-state index contributed by atoms with van der Waals surface area (Å²) in [5.41, 5.74) is 4.26. The third kappa shape index (κ3) is 6.08. The summed E-state index contributed by atoms with van der Waals surface area (Å²) < 4.78 is 0. The second kappa shape index (κ2) is 10.5. The number of anilines is 1. The van der Waals surface area contributed by atoms with Crippen LogP contribution in [0.5, 0.6) is 0 Å². The normalized spacial score (nSPS) is 14.2. The van der Waals surface area contributed by atoms with Crippen molar-refractivity contribution in [3.63, 3.8) is 0 Å². The van der Waals surface area contributed by atoms with E-state index in [-0.39, 0.29) is 0 Å². The van der Waals surface area contributed by atoms with E-state index < -0.39 is 0 Å². The minimum absolute atomic E-state index is 0.627. The standard InChI is InChI=1S/C14H16.C13H20N2/c1-11(2)10-13-8-5-7-12-6-3-4-9-14(12)13;1-11(2)12-3-5-13(6-4-12)15-9-7-14-8-10-15/h3-9,11H,10H2,1-2H3;3-6,11,14H,7-10H2,1-2H3. The first-order valence-electron chi connectivity index (χ1n) is 11.1. The Morgan fingerprint density at radius 3 is 2.10 bits per heavy atom. The molecule has 29 heavy (non-hydrogen) atoms. The van der Waals surface area contributed by atoms with Gasteiger partial charge in [0.05, 0.1) is 0 Å². The van der Waals surface area contributed by atoms with Crippen molar-refractivity contribution < 1.29 is 0 Å². The van der Waals surface area contributed by atoms with Gasteiger partial charge in [-0.2, -0.15) is 0 Å². The fourth-order valence-electron chi connectivity index (χ4n) is 3.90. The van der Waals surface area contributed by atoms with Crippen LogP contribution in [-0.2, 0) is 6.42 Å². The summed E-state index contributed by atoms with van der Waals surface area (Å²) in [6, 6.07) is 24.2. The average molecular weight is 389 g/mol. The molecule has 1 heterocycles. The van der Waals surface area contributed by atoms with Crippen LogP contribution in [0.4, 0.5) is 5.69 Å². The topological polar surface area (TPSA) is 15.3 Å². The summed E-state index contributed by atoms with van der Waals surface area (Å²) in [4.78, 5) is 2.45. The Labute approximate surface area is 176 Å². The van der Waals surface area contributed by atoms with E-state index >= 15 is 0 Å². The molecule has 4 rings (SSSR count). The van der Waals surface area contributed by atoms with Crippen molar-refractivity contribution >= 4 is 16.5 Å². The van der Waals surface area contributed by atoms with Gasteiger partial charge in [0, 0.05) is 31.9 Å². The highest BCUT2D eigenvalue weighted by Crippen LogP contribution is 2.21. The summed E-state index contributed by atoms with van der Waals surface area (Å²) in [6.07, 6.45) is 1.17. The van der Waals surface area contributed by atoms with Crippen molar-refractivity contribution in [1.82, 2.24) is 5.32 Å². The summed E-state index contributed by atoms with van der Waals surface area (Å²) >= 11 is 0. The van der Waals surface area contributed by atoms with Crippen LogP contribution in [0, 0.1) is 5.92 Å². The van der Waals surface area contributed by atoms with Crippen LogP contribution in [0.3, 0.4) is 0 Å². The largest absolute Gasteiger partial charge is 0.369 e. The molecular formula is C27H36N2. The Morgan fingerprint density at radius 2 is 1.45 bits per heavy atom. The molecule has 1 aliphatic heterocycles. The molecule has 1 fully saturated rings. The van der Waals surface area contributed by atoms with E-state index in [1.807, 2.05) is 0 Å². The van der Waals surface area contributed by atoms with Gasteiger partial charge in [0.25, 0.3) is 0 Å². The Bertz CT molecular complexity index is 869. The molecule has 154 valence electrons. The smallest absolute Gasteiger partial charge is 0.0367 e. The van der Waals surface area contributed by atoms with Crippen LogP contribution >= 0.6 is 0 Å². The Kier molecular flexibility index (Phi) is 7.71. The average Bonchev–Trinajstić information content (AvgIpc) is 2.75. The lowest BCUT2D eigenvalue weighted by Crippen LogP contribution is -2.43. The van der Waals surface area contributed by atoms with Gasteiger partial charge in [-0.15, -0.1) is 0 Å². The van der Waals surface area contributed by atoms with Gasteiger partial charge in [0.2, 0.25) is 0 Å². The summed E-state index contributed by atoms with van der Waals surface area (Å²) in [5, 5.41) is 6.13. The van der Waals surface area contributed by atoms with E-state index in [1.54, 1.807) is 0 Å². The fraction of sp³-hybridized carbons (Fsp3) is 0.407. The highest BCUT2D eigenvalue weighted by Gasteiger charge is 2.10. The second-order valence-electron chi connectivity index (χ2n) is 8.72. The van der Waals surface area contributed by atoms with Crippen molar-refractivity contribution in [2.24, 2.45) is 5.92 Å². The molecule has 0 bridgehead atoms. The molecule has 1 aliphatic rings. The molecule has 0 radical (unpaired) electrons. The van der Waals surface area contributed by atoms with Crippen LogP contribution in [0.1, 0.15) is 44.7 Å². The van der Waals surface area contributed by atoms with E-state index in [9.17, 15) is 0 Å². The lowest BCUT2D eigenvalue weighted by Gasteiger charge is -2.29. The minimum atomic E-state index is 0.627. The highest BCUT2D eigenvalue weighted by molar-refractivity contribution is 5.85. The molecule has 0 amide bonds. The van der Waals surface area contributed by atoms with Gasteiger partial charge < -0.3 is 10.2 Å². The van der Waals surface area contributed by atoms with Gasteiger partial charge in [-0.3, -0.25) is 0 Å². The number of fused-ring (bicyclic) bond motifs is 1. The predicted octanol–water partition coefficient (Wildman–Crippen LogP) is 6.26. The van der Waals surface area contributed by atoms with Gasteiger partial charge in [-0.05, 0) is 52.3 Å². The van der Waals surface area contributed by atoms with Gasteiger partial charge in [-0.25, -0.2) is 0 Å². The van der Waals surface area contributed by atoms with E-state index in [0.717, 1.165) is 32.1 Å². The van der Waals surface area contributed by atoms with Crippen LogP contribution in [0.2, 0.25) is 0 Å². The zero-order valence-corrected chi connectivity index (χ0v) is 18.5. The van der Waals surface area contributed by atoms with Gasteiger partial charge in [0.1, 0.15) is 0 Å². The first-order valence-corrected chi connectivity index (χ1v) is 11.1. The third-order valence-electron chi connectivity index (χ3n) is 5.55. The number of rotatable bonds is 4. The van der Waals surface area contributed by atoms with Gasteiger partial charge >= 0.3 is 0 Å². The molecule has 3 aromatic carbocycles. The van der Waals surface area contributed by atoms with E-state index in [0.29, 0.717) is 5.92 Å². The van der Waals surface area contributed by atoms with Gasteiger partial charge in [0.15, 0.2) is 0 Å². The molecule has 2 heteroatoms. The molecule has 0 unspecified atom stereocenters. The molecule has 1 N–H and O–H groups in total. The van der Waals surface area contributed by atoms with E-state index in [4.69, 9.17) is 0 Å². The number of benzene rings is 3. The summed E-state index contributed by atoms with van der Waals surface area (Å²) in [5.74, 6) is 1.35. The zero-order chi connectivity index (χ0) is 20.6. The number of piperazine rings is 1. The Hall–Kier alpha value is -2.32. The molecule has 3 aromatic rings. The van der Waals surface area contributed by atoms with Crippen LogP contribution in [0.25, 0.3) is 10.8 Å². The van der Waals surface area contributed by atoms with Crippen molar-refractivity contribution in [1.29, 1.82) is 0 Å². The lowest BCUT2D eigenvalue weighted by molar-refractivity contribution is 0.589. The van der Waals surface area contributed by atoms with Crippen LogP contribution in [0.15, 0.2) is 66.7 Å². The van der Waals surface area contributed by atoms with E-state index in [2.05, 4.69) is 105 Å².